The molecule has 2 fully saturated rings. The molecule has 0 radical (unpaired) electrons. The molecule has 2 bridgehead atoms. The van der Waals surface area contributed by atoms with E-state index in [1.54, 1.807) is 12.7 Å². The van der Waals surface area contributed by atoms with Gasteiger partial charge in [0.05, 0.1) is 6.61 Å². The number of carbonyl (C=O) groups is 1. The number of hydrogen-bond acceptors (Lipinski definition) is 4. The fraction of sp³-hybridized carbons (Fsp3) is 0.640. The maximum Gasteiger partial charge on any atom is 0.251 e. The third-order valence-corrected chi connectivity index (χ3v) is 7.51. The van der Waals surface area contributed by atoms with E-state index < -0.39 is 0 Å². The van der Waals surface area contributed by atoms with Crippen molar-refractivity contribution >= 4 is 5.91 Å². The van der Waals surface area contributed by atoms with Gasteiger partial charge in [0.2, 0.25) is 0 Å². The molecule has 3 aliphatic carbocycles. The van der Waals surface area contributed by atoms with Gasteiger partial charge in [0.1, 0.15) is 11.9 Å². The van der Waals surface area contributed by atoms with Crippen LogP contribution in [0.2, 0.25) is 0 Å². The largest absolute Gasteiger partial charge is 0.490 e. The third-order valence-electron chi connectivity index (χ3n) is 7.51. The number of methoxy groups -OCH3 is 1. The first-order valence-electron chi connectivity index (χ1n) is 11.4. The SMILES string of the molecule is COCCNC(=O)c1cccc(OC2CCN(CC3=CC[C@H]4C[C@@H]3C4(C)C)CC2)c1. The molecule has 1 amide bonds. The molecule has 5 rings (SSSR count). The molecule has 1 saturated heterocycles. The zero-order valence-corrected chi connectivity index (χ0v) is 18.7. The molecular weight excluding hydrogens is 376 g/mol. The van der Waals surface area contributed by atoms with Crippen LogP contribution in [0, 0.1) is 17.3 Å². The van der Waals surface area contributed by atoms with Crippen molar-refractivity contribution in [3.05, 3.63) is 41.5 Å². The minimum Gasteiger partial charge on any atom is -0.490 e. The van der Waals surface area contributed by atoms with Crippen molar-refractivity contribution in [1.82, 2.24) is 10.2 Å². The predicted octanol–water partition coefficient (Wildman–Crippen LogP) is 3.90. The molecule has 2 atom stereocenters. The van der Waals surface area contributed by atoms with E-state index in [-0.39, 0.29) is 12.0 Å². The number of allylic oxidation sites excluding steroid dienone is 1. The monoisotopic (exact) mass is 412 g/mol. The van der Waals surface area contributed by atoms with Crippen LogP contribution in [0.4, 0.5) is 0 Å². The molecule has 0 aromatic heterocycles. The summed E-state index contributed by atoms with van der Waals surface area (Å²) in [5.41, 5.74) is 2.81. The molecule has 1 aromatic carbocycles. The molecule has 1 heterocycles. The van der Waals surface area contributed by atoms with Crippen molar-refractivity contribution in [2.75, 3.05) is 39.9 Å². The lowest BCUT2D eigenvalue weighted by Crippen LogP contribution is -2.50. The number of amides is 1. The van der Waals surface area contributed by atoms with E-state index in [2.05, 4.69) is 30.1 Å². The number of nitrogens with one attached hydrogen (secondary N) is 1. The lowest BCUT2D eigenvalue weighted by Gasteiger charge is -2.57. The van der Waals surface area contributed by atoms with Crippen LogP contribution in [-0.2, 0) is 4.74 Å². The highest BCUT2D eigenvalue weighted by atomic mass is 16.5. The second-order valence-corrected chi connectivity index (χ2v) is 9.69. The molecule has 30 heavy (non-hydrogen) atoms. The van der Waals surface area contributed by atoms with Gasteiger partial charge in [-0.1, -0.05) is 31.6 Å². The summed E-state index contributed by atoms with van der Waals surface area (Å²) >= 11 is 0. The van der Waals surface area contributed by atoms with Crippen LogP contribution >= 0.6 is 0 Å². The van der Waals surface area contributed by atoms with Gasteiger partial charge in [0, 0.05) is 38.9 Å². The van der Waals surface area contributed by atoms with Gasteiger partial charge in [-0.15, -0.1) is 0 Å². The lowest BCUT2D eigenvalue weighted by atomic mass is 9.49. The van der Waals surface area contributed by atoms with E-state index in [0.29, 0.717) is 24.1 Å². The molecule has 164 valence electrons. The Balaban J connectivity index is 1.25. The van der Waals surface area contributed by atoms with Crippen molar-refractivity contribution in [3.63, 3.8) is 0 Å². The summed E-state index contributed by atoms with van der Waals surface area (Å²) in [6.45, 7) is 9.20. The Hall–Kier alpha value is -1.85. The van der Waals surface area contributed by atoms with Gasteiger partial charge < -0.3 is 14.8 Å². The number of benzene rings is 1. The van der Waals surface area contributed by atoms with Gasteiger partial charge in [-0.2, -0.15) is 0 Å². The summed E-state index contributed by atoms with van der Waals surface area (Å²) in [4.78, 5) is 14.8. The quantitative estimate of drug-likeness (QED) is 0.520. The summed E-state index contributed by atoms with van der Waals surface area (Å²) < 4.78 is 11.2. The first-order chi connectivity index (χ1) is 14.5. The van der Waals surface area contributed by atoms with Gasteiger partial charge in [-0.05, 0) is 61.1 Å². The minimum atomic E-state index is -0.0887. The van der Waals surface area contributed by atoms with Gasteiger partial charge in [0.25, 0.3) is 5.91 Å². The molecular formula is C25H36N2O3. The normalized spacial score (nSPS) is 25.9. The zero-order chi connectivity index (χ0) is 21.1. The molecule has 1 aromatic rings. The summed E-state index contributed by atoms with van der Waals surface area (Å²) in [5.74, 6) is 2.39. The Kier molecular flexibility index (Phi) is 6.49. The number of piperidine rings is 1. The second kappa shape index (κ2) is 9.11. The van der Waals surface area contributed by atoms with E-state index in [4.69, 9.17) is 9.47 Å². The fourth-order valence-corrected chi connectivity index (χ4v) is 5.37. The van der Waals surface area contributed by atoms with Crippen LogP contribution in [-0.4, -0.2) is 56.8 Å². The summed E-state index contributed by atoms with van der Waals surface area (Å²) in [7, 11) is 1.63. The molecule has 4 aliphatic rings. The molecule has 5 heteroatoms. The minimum absolute atomic E-state index is 0.0887. The average molecular weight is 413 g/mol. The highest BCUT2D eigenvalue weighted by molar-refractivity contribution is 5.94. The van der Waals surface area contributed by atoms with Crippen LogP contribution in [0.1, 0.15) is 49.9 Å². The number of rotatable bonds is 8. The summed E-state index contributed by atoms with van der Waals surface area (Å²) in [6, 6.07) is 7.50. The van der Waals surface area contributed by atoms with Gasteiger partial charge in [-0.25, -0.2) is 0 Å². The van der Waals surface area contributed by atoms with Crippen LogP contribution in [0.15, 0.2) is 35.9 Å². The second-order valence-electron chi connectivity index (χ2n) is 9.69. The number of likely N-dealkylation sites (tertiary alicyclic amines) is 1. The highest BCUT2D eigenvalue weighted by Gasteiger charge is 2.51. The van der Waals surface area contributed by atoms with E-state index >= 15 is 0 Å². The number of carbonyl (C=O) groups excluding carboxylic acids is 1. The maximum absolute atomic E-state index is 12.2. The zero-order valence-electron chi connectivity index (χ0n) is 18.7. The van der Waals surface area contributed by atoms with Crippen molar-refractivity contribution < 1.29 is 14.3 Å². The lowest BCUT2D eigenvalue weighted by molar-refractivity contribution is -0.0123. The van der Waals surface area contributed by atoms with Crippen LogP contribution in [0.3, 0.4) is 0 Å². The number of fused-ring (bicyclic) bond motifs is 1. The standard InChI is InChI=1S/C25H36N2O3/c1-25(2)20-8-7-19(23(25)16-20)17-27-12-9-21(10-13-27)30-22-6-4-5-18(15-22)24(28)26-11-14-29-3/h4-7,15,20-21,23H,8-14,16-17H2,1-3H3,(H,26,28)/t20-,23-/m0/s1. The maximum atomic E-state index is 12.2. The van der Waals surface area contributed by atoms with Crippen molar-refractivity contribution in [1.29, 1.82) is 0 Å². The molecule has 1 aliphatic heterocycles. The molecule has 0 unspecified atom stereocenters. The van der Waals surface area contributed by atoms with E-state index in [0.717, 1.165) is 50.1 Å². The Labute approximate surface area is 180 Å². The first kappa shape index (κ1) is 21.4. The Morgan fingerprint density at radius 2 is 2.07 bits per heavy atom. The summed E-state index contributed by atoms with van der Waals surface area (Å²) in [6.07, 6.45) is 7.48. The number of hydrogen-bond donors (Lipinski definition) is 1. The predicted molar refractivity (Wildman–Crippen MR) is 119 cm³/mol. The smallest absolute Gasteiger partial charge is 0.251 e. The third kappa shape index (κ3) is 4.57. The highest BCUT2D eigenvalue weighted by Crippen LogP contribution is 2.59. The Bertz CT molecular complexity index is 780. The molecule has 0 spiro atoms. The van der Waals surface area contributed by atoms with Gasteiger partial charge in [-0.3, -0.25) is 9.69 Å². The molecule has 1 saturated carbocycles. The molecule has 5 nitrogen and oxygen atoms in total. The Morgan fingerprint density at radius 3 is 2.77 bits per heavy atom. The van der Waals surface area contributed by atoms with E-state index in [9.17, 15) is 4.79 Å². The van der Waals surface area contributed by atoms with Crippen molar-refractivity contribution in [2.45, 2.75) is 45.6 Å². The van der Waals surface area contributed by atoms with Crippen molar-refractivity contribution in [3.8, 4) is 5.75 Å². The van der Waals surface area contributed by atoms with Crippen LogP contribution < -0.4 is 10.1 Å². The van der Waals surface area contributed by atoms with Crippen LogP contribution in [0.5, 0.6) is 5.75 Å². The van der Waals surface area contributed by atoms with E-state index in [1.165, 1.54) is 12.8 Å². The first-order valence-corrected chi connectivity index (χ1v) is 11.4. The van der Waals surface area contributed by atoms with E-state index in [1.807, 2.05) is 24.3 Å². The van der Waals surface area contributed by atoms with Gasteiger partial charge >= 0.3 is 0 Å². The van der Waals surface area contributed by atoms with Gasteiger partial charge in [0.15, 0.2) is 0 Å². The number of nitrogens with zero attached hydrogens (tertiary/aromatic N) is 1. The molecule has 1 N–H and O–H groups in total. The fourth-order valence-electron chi connectivity index (χ4n) is 5.37. The topological polar surface area (TPSA) is 50.8 Å². The average Bonchev–Trinajstić information content (AvgIpc) is 2.75. The Morgan fingerprint density at radius 1 is 1.27 bits per heavy atom. The summed E-state index contributed by atoms with van der Waals surface area (Å²) in [5, 5.41) is 2.86. The van der Waals surface area contributed by atoms with Crippen LogP contribution in [0.25, 0.3) is 0 Å². The van der Waals surface area contributed by atoms with Crippen molar-refractivity contribution in [2.24, 2.45) is 17.3 Å². The number of ether oxygens (including phenoxy) is 2.